The Morgan fingerprint density at radius 2 is 2.22 bits per heavy atom. The molecular weight excluding hydrogens is 250 g/mol. The van der Waals surface area contributed by atoms with Gasteiger partial charge in [0.1, 0.15) is 0 Å². The van der Waals surface area contributed by atoms with Crippen molar-refractivity contribution in [1.82, 2.24) is 15.1 Å². The van der Waals surface area contributed by atoms with E-state index >= 15 is 0 Å². The van der Waals surface area contributed by atoms with Crippen molar-refractivity contribution in [3.63, 3.8) is 0 Å². The molecule has 0 aromatic carbocycles. The summed E-state index contributed by atoms with van der Waals surface area (Å²) in [5.41, 5.74) is 1.80. The maximum absolute atomic E-state index is 11.6. The van der Waals surface area contributed by atoms with Gasteiger partial charge in [-0.3, -0.25) is 4.68 Å². The van der Waals surface area contributed by atoms with E-state index in [9.17, 15) is 8.42 Å². The standard InChI is InChI=1S/C12H21N3O2S/c1-9(11-7-15(4)14-10(11)2)13-12(3)5-6-18(16,17)8-12/h7,9,13H,5-6,8H2,1-4H3. The fraction of sp³-hybridized carbons (Fsp3) is 0.750. The van der Waals surface area contributed by atoms with Crippen LogP contribution in [-0.2, 0) is 16.9 Å². The van der Waals surface area contributed by atoms with E-state index in [4.69, 9.17) is 0 Å². The lowest BCUT2D eigenvalue weighted by Gasteiger charge is -2.28. The Morgan fingerprint density at radius 1 is 1.56 bits per heavy atom. The molecule has 5 nitrogen and oxygen atoms in total. The van der Waals surface area contributed by atoms with Crippen LogP contribution in [0.3, 0.4) is 0 Å². The van der Waals surface area contributed by atoms with Gasteiger partial charge in [0.2, 0.25) is 0 Å². The Labute approximate surface area is 108 Å². The molecule has 0 bridgehead atoms. The minimum absolute atomic E-state index is 0.108. The molecule has 0 amide bonds. The molecule has 18 heavy (non-hydrogen) atoms. The predicted octanol–water partition coefficient (Wildman–Crippen LogP) is 0.956. The highest BCUT2D eigenvalue weighted by Crippen LogP contribution is 2.27. The van der Waals surface area contributed by atoms with Crippen molar-refractivity contribution >= 4 is 9.84 Å². The molecule has 0 spiro atoms. The van der Waals surface area contributed by atoms with Crippen LogP contribution < -0.4 is 5.32 Å². The molecule has 1 N–H and O–H groups in total. The molecule has 2 heterocycles. The summed E-state index contributed by atoms with van der Waals surface area (Å²) < 4.78 is 24.9. The third-order valence-corrected chi connectivity index (χ3v) is 5.49. The van der Waals surface area contributed by atoms with Gasteiger partial charge < -0.3 is 5.32 Å². The number of aromatic nitrogens is 2. The van der Waals surface area contributed by atoms with Crippen LogP contribution in [0.25, 0.3) is 0 Å². The Hall–Kier alpha value is -0.880. The lowest BCUT2D eigenvalue weighted by molar-refractivity contribution is 0.355. The van der Waals surface area contributed by atoms with Gasteiger partial charge in [-0.1, -0.05) is 0 Å². The van der Waals surface area contributed by atoms with Crippen molar-refractivity contribution in [3.05, 3.63) is 17.5 Å². The molecule has 1 aromatic rings. The summed E-state index contributed by atoms with van der Waals surface area (Å²) in [7, 11) is -0.976. The van der Waals surface area contributed by atoms with E-state index in [1.165, 1.54) is 0 Å². The Kier molecular flexibility index (Phi) is 3.27. The van der Waals surface area contributed by atoms with Crippen LogP contribution >= 0.6 is 0 Å². The monoisotopic (exact) mass is 271 g/mol. The number of hydrogen-bond donors (Lipinski definition) is 1. The molecule has 2 unspecified atom stereocenters. The second-order valence-corrected chi connectivity index (χ2v) is 7.80. The van der Waals surface area contributed by atoms with Gasteiger partial charge in [0, 0.05) is 30.4 Å². The molecule has 0 radical (unpaired) electrons. The van der Waals surface area contributed by atoms with Gasteiger partial charge in [0.25, 0.3) is 0 Å². The highest BCUT2D eigenvalue weighted by atomic mass is 32.2. The summed E-state index contributed by atoms with van der Waals surface area (Å²) in [5, 5.41) is 7.77. The zero-order chi connectivity index (χ0) is 13.6. The van der Waals surface area contributed by atoms with Crippen LogP contribution in [0.15, 0.2) is 6.20 Å². The highest BCUT2D eigenvalue weighted by Gasteiger charge is 2.39. The largest absolute Gasteiger partial charge is 0.304 e. The molecule has 0 aliphatic carbocycles. The highest BCUT2D eigenvalue weighted by molar-refractivity contribution is 7.91. The molecule has 2 rings (SSSR count). The molecule has 0 saturated carbocycles. The van der Waals surface area contributed by atoms with E-state index < -0.39 is 9.84 Å². The molecule has 102 valence electrons. The SMILES string of the molecule is Cc1nn(C)cc1C(C)NC1(C)CCS(=O)(=O)C1. The average Bonchev–Trinajstić information content (AvgIpc) is 2.67. The molecule has 1 saturated heterocycles. The van der Waals surface area contributed by atoms with E-state index in [0.717, 1.165) is 11.3 Å². The summed E-state index contributed by atoms with van der Waals surface area (Å²) in [6, 6.07) is 0.108. The number of nitrogens with zero attached hydrogens (tertiary/aromatic N) is 2. The summed E-state index contributed by atoms with van der Waals surface area (Å²) in [6.07, 6.45) is 2.67. The summed E-state index contributed by atoms with van der Waals surface area (Å²) in [4.78, 5) is 0. The van der Waals surface area contributed by atoms with E-state index in [0.29, 0.717) is 6.42 Å². The van der Waals surface area contributed by atoms with Gasteiger partial charge in [-0.25, -0.2) is 8.42 Å². The van der Waals surface area contributed by atoms with E-state index in [1.54, 1.807) is 4.68 Å². The molecule has 1 aliphatic rings. The van der Waals surface area contributed by atoms with Crippen LogP contribution in [0.1, 0.15) is 37.6 Å². The van der Waals surface area contributed by atoms with Crippen LogP contribution in [0, 0.1) is 6.92 Å². The first-order chi connectivity index (χ1) is 8.21. The van der Waals surface area contributed by atoms with E-state index in [1.807, 2.05) is 27.1 Å². The van der Waals surface area contributed by atoms with Crippen molar-refractivity contribution in [3.8, 4) is 0 Å². The average molecular weight is 271 g/mol. The Bertz CT molecular complexity index is 550. The van der Waals surface area contributed by atoms with Crippen LogP contribution in [0.5, 0.6) is 0 Å². The van der Waals surface area contributed by atoms with Gasteiger partial charge in [-0.15, -0.1) is 0 Å². The van der Waals surface area contributed by atoms with Crippen molar-refractivity contribution in [2.45, 2.75) is 38.8 Å². The molecule has 1 fully saturated rings. The third kappa shape index (κ3) is 2.75. The van der Waals surface area contributed by atoms with Crippen LogP contribution in [0.2, 0.25) is 0 Å². The van der Waals surface area contributed by atoms with Crippen molar-refractivity contribution < 1.29 is 8.42 Å². The number of nitrogens with one attached hydrogen (secondary N) is 1. The van der Waals surface area contributed by atoms with Gasteiger partial charge >= 0.3 is 0 Å². The first-order valence-corrected chi connectivity index (χ1v) is 8.01. The van der Waals surface area contributed by atoms with E-state index in [2.05, 4.69) is 17.3 Å². The normalized spacial score (nSPS) is 28.4. The second kappa shape index (κ2) is 4.35. The van der Waals surface area contributed by atoms with Gasteiger partial charge in [0.15, 0.2) is 9.84 Å². The first kappa shape index (κ1) is 13.5. The maximum Gasteiger partial charge on any atom is 0.152 e. The second-order valence-electron chi connectivity index (χ2n) is 5.61. The maximum atomic E-state index is 11.6. The third-order valence-electron chi connectivity index (χ3n) is 3.59. The Morgan fingerprint density at radius 3 is 2.67 bits per heavy atom. The zero-order valence-electron chi connectivity index (χ0n) is 11.4. The number of aryl methyl sites for hydroxylation is 2. The molecule has 1 aromatic heterocycles. The predicted molar refractivity (Wildman–Crippen MR) is 71.2 cm³/mol. The minimum Gasteiger partial charge on any atom is -0.304 e. The van der Waals surface area contributed by atoms with Crippen LogP contribution in [-0.4, -0.2) is 35.2 Å². The van der Waals surface area contributed by atoms with Crippen LogP contribution in [0.4, 0.5) is 0 Å². The number of hydrogen-bond acceptors (Lipinski definition) is 4. The Balaban J connectivity index is 2.13. The summed E-state index contributed by atoms with van der Waals surface area (Å²) in [5.74, 6) is 0.513. The van der Waals surface area contributed by atoms with Crippen molar-refractivity contribution in [2.24, 2.45) is 7.05 Å². The topological polar surface area (TPSA) is 64.0 Å². The summed E-state index contributed by atoms with van der Waals surface area (Å²) in [6.45, 7) is 6.02. The lowest BCUT2D eigenvalue weighted by Crippen LogP contribution is -2.44. The first-order valence-electron chi connectivity index (χ1n) is 6.19. The molecule has 2 atom stereocenters. The zero-order valence-corrected chi connectivity index (χ0v) is 12.2. The number of sulfone groups is 1. The fourth-order valence-electron chi connectivity index (χ4n) is 2.77. The molecular formula is C12H21N3O2S. The van der Waals surface area contributed by atoms with Gasteiger partial charge in [-0.05, 0) is 27.2 Å². The van der Waals surface area contributed by atoms with Crippen molar-refractivity contribution in [1.29, 1.82) is 0 Å². The van der Waals surface area contributed by atoms with E-state index in [-0.39, 0.29) is 23.1 Å². The lowest BCUT2D eigenvalue weighted by atomic mass is 9.99. The number of rotatable bonds is 3. The fourth-order valence-corrected chi connectivity index (χ4v) is 4.87. The minimum atomic E-state index is -2.87. The van der Waals surface area contributed by atoms with Crippen molar-refractivity contribution in [2.75, 3.05) is 11.5 Å². The molecule has 1 aliphatic heterocycles. The quantitative estimate of drug-likeness (QED) is 0.889. The smallest absolute Gasteiger partial charge is 0.152 e. The van der Waals surface area contributed by atoms with Gasteiger partial charge in [-0.2, -0.15) is 5.10 Å². The molecule has 6 heteroatoms. The van der Waals surface area contributed by atoms with Gasteiger partial charge in [0.05, 0.1) is 17.2 Å². The summed E-state index contributed by atoms with van der Waals surface area (Å²) >= 11 is 0.